The molecule has 0 bridgehead atoms. The lowest BCUT2D eigenvalue weighted by Gasteiger charge is -2.25. The molecule has 1 amide bonds. The summed E-state index contributed by atoms with van der Waals surface area (Å²) >= 11 is 6.11. The fourth-order valence-electron chi connectivity index (χ4n) is 3.88. The number of aliphatic hydroxyl groups excluding tert-OH is 1. The average Bonchev–Trinajstić information content (AvgIpc) is 3.14. The zero-order valence-corrected chi connectivity index (χ0v) is 19.0. The van der Waals surface area contributed by atoms with E-state index in [4.69, 9.17) is 26.3 Å². The van der Waals surface area contributed by atoms with Gasteiger partial charge in [-0.3, -0.25) is 14.5 Å². The van der Waals surface area contributed by atoms with Gasteiger partial charge in [0.25, 0.3) is 11.7 Å². The Labute approximate surface area is 201 Å². The maximum atomic E-state index is 13.2. The van der Waals surface area contributed by atoms with Crippen molar-refractivity contribution in [1.82, 2.24) is 0 Å². The molecule has 170 valence electrons. The number of halogens is 1. The number of amides is 1. The van der Waals surface area contributed by atoms with E-state index in [1.165, 1.54) is 37.3 Å². The third-order valence-electron chi connectivity index (χ3n) is 5.55. The Morgan fingerprint density at radius 1 is 1.03 bits per heavy atom. The van der Waals surface area contributed by atoms with E-state index in [-0.39, 0.29) is 16.9 Å². The minimum atomic E-state index is -0.940. The zero-order chi connectivity index (χ0) is 24.4. The first kappa shape index (κ1) is 22.9. The molecule has 1 aliphatic heterocycles. The maximum Gasteiger partial charge on any atom is 0.300 e. The highest BCUT2D eigenvalue weighted by molar-refractivity contribution is 6.51. The number of carbonyl (C=O) groups is 2. The van der Waals surface area contributed by atoms with Gasteiger partial charge in [0.1, 0.15) is 17.3 Å². The quantitative estimate of drug-likeness (QED) is 0.322. The summed E-state index contributed by atoms with van der Waals surface area (Å²) in [6, 6.07) is 18.9. The number of hydrogen-bond donors (Lipinski definition) is 1. The number of benzene rings is 3. The molecule has 0 saturated carbocycles. The summed E-state index contributed by atoms with van der Waals surface area (Å²) in [6.07, 6.45) is 0. The van der Waals surface area contributed by atoms with Gasteiger partial charge in [0.2, 0.25) is 0 Å². The molecule has 7 nitrogen and oxygen atoms in total. The van der Waals surface area contributed by atoms with Gasteiger partial charge in [0.05, 0.1) is 42.5 Å². The van der Waals surface area contributed by atoms with Crippen molar-refractivity contribution in [3.63, 3.8) is 0 Å². The van der Waals surface area contributed by atoms with Crippen molar-refractivity contribution >= 4 is 34.7 Å². The predicted octanol–water partition coefficient (Wildman–Crippen LogP) is 4.86. The normalized spacial score (nSPS) is 16.9. The van der Waals surface area contributed by atoms with E-state index in [2.05, 4.69) is 0 Å². The smallest absolute Gasteiger partial charge is 0.300 e. The summed E-state index contributed by atoms with van der Waals surface area (Å²) < 4.78 is 10.6. The first-order chi connectivity index (χ1) is 16.4. The van der Waals surface area contributed by atoms with E-state index in [1.807, 2.05) is 6.07 Å². The second-order valence-corrected chi connectivity index (χ2v) is 7.86. The highest BCUT2D eigenvalue weighted by Gasteiger charge is 2.47. The summed E-state index contributed by atoms with van der Waals surface area (Å²) in [4.78, 5) is 27.7. The molecule has 1 fully saturated rings. The molecule has 1 N–H and O–H groups in total. The van der Waals surface area contributed by atoms with Crippen LogP contribution >= 0.6 is 11.6 Å². The Morgan fingerprint density at radius 2 is 1.76 bits per heavy atom. The van der Waals surface area contributed by atoms with E-state index in [9.17, 15) is 14.7 Å². The number of anilines is 1. The van der Waals surface area contributed by atoms with Gasteiger partial charge in [-0.05, 0) is 60.2 Å². The lowest BCUT2D eigenvalue weighted by atomic mass is 9.95. The summed E-state index contributed by atoms with van der Waals surface area (Å²) in [5.74, 6) is -1.18. The number of rotatable bonds is 5. The van der Waals surface area contributed by atoms with Gasteiger partial charge in [0.15, 0.2) is 0 Å². The van der Waals surface area contributed by atoms with Crippen LogP contribution in [0.3, 0.4) is 0 Å². The van der Waals surface area contributed by atoms with Gasteiger partial charge in [-0.15, -0.1) is 0 Å². The van der Waals surface area contributed by atoms with Crippen LogP contribution in [-0.2, 0) is 9.59 Å². The number of carbonyl (C=O) groups excluding carboxylic acids is 2. The van der Waals surface area contributed by atoms with Crippen LogP contribution < -0.4 is 14.4 Å². The standard InChI is InChI=1S/C26H19ClN2O5/c1-33-19-5-3-4-16(12-19)23-22(24(30)17-8-11-20(27)21(13-17)34-2)25(31)26(32)29(23)18-9-6-15(14-28)7-10-18/h3-13,23,30H,1-2H3/b24-22-. The van der Waals surface area contributed by atoms with E-state index in [0.29, 0.717) is 33.3 Å². The number of nitrogens with zero attached hydrogens (tertiary/aromatic N) is 2. The second-order valence-electron chi connectivity index (χ2n) is 7.45. The van der Waals surface area contributed by atoms with Gasteiger partial charge in [0, 0.05) is 11.3 Å². The molecule has 3 aromatic rings. The van der Waals surface area contributed by atoms with Crippen LogP contribution in [0, 0.1) is 11.3 Å². The molecule has 34 heavy (non-hydrogen) atoms. The number of ether oxygens (including phenoxy) is 2. The van der Waals surface area contributed by atoms with Gasteiger partial charge in [-0.25, -0.2) is 0 Å². The van der Waals surface area contributed by atoms with Crippen molar-refractivity contribution in [2.45, 2.75) is 6.04 Å². The minimum absolute atomic E-state index is 0.0908. The van der Waals surface area contributed by atoms with Gasteiger partial charge < -0.3 is 14.6 Å². The van der Waals surface area contributed by atoms with Crippen LogP contribution in [0.4, 0.5) is 5.69 Å². The SMILES string of the molecule is COc1cccc(C2/C(=C(/O)c3ccc(Cl)c(OC)c3)C(=O)C(=O)N2c2ccc(C#N)cc2)c1. The van der Waals surface area contributed by atoms with E-state index < -0.39 is 17.7 Å². The minimum Gasteiger partial charge on any atom is -0.507 e. The molecule has 8 heteroatoms. The van der Waals surface area contributed by atoms with Crippen molar-refractivity contribution in [3.8, 4) is 17.6 Å². The Kier molecular flexibility index (Phi) is 6.26. The Morgan fingerprint density at radius 3 is 2.41 bits per heavy atom. The van der Waals surface area contributed by atoms with Crippen LogP contribution in [0.1, 0.15) is 22.7 Å². The summed E-state index contributed by atoms with van der Waals surface area (Å²) in [5, 5.41) is 20.7. The fraction of sp³-hybridized carbons (Fsp3) is 0.115. The topological polar surface area (TPSA) is 99.9 Å². The maximum absolute atomic E-state index is 13.2. The predicted molar refractivity (Wildman–Crippen MR) is 127 cm³/mol. The van der Waals surface area contributed by atoms with E-state index in [1.54, 1.807) is 48.5 Å². The molecular weight excluding hydrogens is 456 g/mol. The fourth-order valence-corrected chi connectivity index (χ4v) is 4.08. The largest absolute Gasteiger partial charge is 0.507 e. The van der Waals surface area contributed by atoms with Crippen molar-refractivity contribution in [2.75, 3.05) is 19.1 Å². The zero-order valence-electron chi connectivity index (χ0n) is 18.3. The molecule has 0 aliphatic carbocycles. The first-order valence-electron chi connectivity index (χ1n) is 10.2. The van der Waals surface area contributed by atoms with Crippen molar-refractivity contribution in [3.05, 3.63) is 94.0 Å². The van der Waals surface area contributed by atoms with Crippen LogP contribution in [0.25, 0.3) is 5.76 Å². The second kappa shape index (κ2) is 9.30. The molecule has 0 radical (unpaired) electrons. The highest BCUT2D eigenvalue weighted by atomic mass is 35.5. The molecule has 4 rings (SSSR count). The molecule has 0 spiro atoms. The lowest BCUT2D eigenvalue weighted by molar-refractivity contribution is -0.132. The molecule has 3 aromatic carbocycles. The van der Waals surface area contributed by atoms with Crippen molar-refractivity contribution < 1.29 is 24.2 Å². The van der Waals surface area contributed by atoms with Gasteiger partial charge in [-0.1, -0.05) is 23.7 Å². The summed E-state index contributed by atoms with van der Waals surface area (Å²) in [6.45, 7) is 0. The third-order valence-corrected chi connectivity index (χ3v) is 5.87. The van der Waals surface area contributed by atoms with Crippen molar-refractivity contribution in [1.29, 1.82) is 5.26 Å². The van der Waals surface area contributed by atoms with E-state index >= 15 is 0 Å². The molecule has 1 heterocycles. The number of methoxy groups -OCH3 is 2. The average molecular weight is 475 g/mol. The monoisotopic (exact) mass is 474 g/mol. The lowest BCUT2D eigenvalue weighted by Crippen LogP contribution is -2.29. The van der Waals surface area contributed by atoms with Crippen LogP contribution in [0.15, 0.2) is 72.3 Å². The van der Waals surface area contributed by atoms with Crippen LogP contribution in [0.5, 0.6) is 11.5 Å². The highest BCUT2D eigenvalue weighted by Crippen LogP contribution is 2.43. The van der Waals surface area contributed by atoms with Gasteiger partial charge in [-0.2, -0.15) is 5.26 Å². The molecule has 1 atom stereocenters. The Hall–Kier alpha value is -4.28. The first-order valence-corrected chi connectivity index (χ1v) is 10.6. The van der Waals surface area contributed by atoms with Crippen molar-refractivity contribution in [2.24, 2.45) is 0 Å². The molecule has 1 saturated heterocycles. The molecule has 1 aliphatic rings. The van der Waals surface area contributed by atoms with E-state index in [0.717, 1.165) is 0 Å². The van der Waals surface area contributed by atoms with Gasteiger partial charge >= 0.3 is 0 Å². The molecule has 1 unspecified atom stereocenters. The van der Waals surface area contributed by atoms with Crippen LogP contribution in [0.2, 0.25) is 5.02 Å². The number of aliphatic hydroxyl groups is 1. The summed E-state index contributed by atoms with van der Waals surface area (Å²) in [7, 11) is 2.95. The number of Topliss-reactive ketones (excluding diaryl/α,β-unsaturated/α-hetero) is 1. The molecule has 0 aromatic heterocycles. The number of hydrogen-bond acceptors (Lipinski definition) is 6. The third kappa shape index (κ3) is 3.96. The Bertz CT molecular complexity index is 1360. The summed E-state index contributed by atoms with van der Waals surface area (Å²) in [5.41, 5.74) is 1.55. The number of ketones is 1. The number of nitriles is 1. The molecular formula is C26H19ClN2O5. The van der Waals surface area contributed by atoms with Crippen LogP contribution in [-0.4, -0.2) is 31.0 Å². The Balaban J connectivity index is 1.95.